The largest absolute Gasteiger partial charge is 0.496 e. The van der Waals surface area contributed by atoms with Gasteiger partial charge in [-0.2, -0.15) is 0 Å². The molecule has 1 saturated carbocycles. The second kappa shape index (κ2) is 9.75. The van der Waals surface area contributed by atoms with E-state index >= 15 is 0 Å². The Morgan fingerprint density at radius 3 is 2.42 bits per heavy atom. The summed E-state index contributed by atoms with van der Waals surface area (Å²) >= 11 is 1.05. The number of nitrogens with one attached hydrogen (secondary N) is 1. The standard InChI is InChI=1S/C27H23FN4O5S/c1-30-24(33)19-12-18-20(13-22(19)36-2)31-10-7-21(18)37-17-5-3-16(4-6-17)32(23-11-15(28)14-38-23)26(35)27(8-9-27)25(29)34/h3-7,10-14H,8-9H2,1-2H3,(H2,29,34)(H,30,33). The molecule has 0 atom stereocenters. The molecule has 1 fully saturated rings. The number of anilines is 2. The lowest BCUT2D eigenvalue weighted by atomic mass is 10.0. The molecule has 3 amide bonds. The average molecular weight is 535 g/mol. The Bertz CT molecular complexity index is 1570. The van der Waals surface area contributed by atoms with Gasteiger partial charge in [-0.1, -0.05) is 0 Å². The monoisotopic (exact) mass is 534 g/mol. The van der Waals surface area contributed by atoms with Crippen LogP contribution in [0.1, 0.15) is 23.2 Å². The van der Waals surface area contributed by atoms with Gasteiger partial charge in [0.05, 0.1) is 18.2 Å². The number of rotatable bonds is 8. The zero-order valence-electron chi connectivity index (χ0n) is 20.5. The molecule has 2 aromatic carbocycles. The van der Waals surface area contributed by atoms with Crippen LogP contribution in [0.15, 0.2) is 60.1 Å². The minimum absolute atomic E-state index is 0.318. The van der Waals surface area contributed by atoms with E-state index in [0.29, 0.717) is 57.2 Å². The van der Waals surface area contributed by atoms with Crippen LogP contribution in [0, 0.1) is 11.2 Å². The lowest BCUT2D eigenvalue weighted by molar-refractivity contribution is -0.133. The number of fused-ring (bicyclic) bond motifs is 1. The molecule has 194 valence electrons. The molecule has 38 heavy (non-hydrogen) atoms. The smallest absolute Gasteiger partial charge is 0.254 e. The van der Waals surface area contributed by atoms with E-state index in [4.69, 9.17) is 15.2 Å². The van der Waals surface area contributed by atoms with Crippen LogP contribution in [0.25, 0.3) is 10.9 Å². The van der Waals surface area contributed by atoms with Crippen molar-refractivity contribution >= 4 is 50.6 Å². The van der Waals surface area contributed by atoms with Crippen LogP contribution in [0.4, 0.5) is 15.1 Å². The minimum Gasteiger partial charge on any atom is -0.496 e. The van der Waals surface area contributed by atoms with Crippen LogP contribution in [0.5, 0.6) is 17.2 Å². The predicted molar refractivity (Wildman–Crippen MR) is 140 cm³/mol. The van der Waals surface area contributed by atoms with Gasteiger partial charge in [-0.3, -0.25) is 24.3 Å². The molecule has 11 heteroatoms. The molecule has 0 radical (unpaired) electrons. The second-order valence-corrected chi connectivity index (χ2v) is 9.63. The molecule has 2 heterocycles. The van der Waals surface area contributed by atoms with Gasteiger partial charge < -0.3 is 20.5 Å². The van der Waals surface area contributed by atoms with Crippen molar-refractivity contribution in [3.8, 4) is 17.2 Å². The topological polar surface area (TPSA) is 124 Å². The summed E-state index contributed by atoms with van der Waals surface area (Å²) in [6.45, 7) is 0. The highest BCUT2D eigenvalue weighted by atomic mass is 32.1. The zero-order valence-corrected chi connectivity index (χ0v) is 21.3. The number of carbonyl (C=O) groups is 3. The molecule has 0 saturated heterocycles. The molecule has 0 bridgehead atoms. The summed E-state index contributed by atoms with van der Waals surface area (Å²) in [5.74, 6) is -0.706. The van der Waals surface area contributed by atoms with E-state index in [0.717, 1.165) is 11.3 Å². The van der Waals surface area contributed by atoms with Gasteiger partial charge in [0.25, 0.3) is 5.91 Å². The van der Waals surface area contributed by atoms with Crippen molar-refractivity contribution in [1.29, 1.82) is 0 Å². The second-order valence-electron chi connectivity index (χ2n) is 8.74. The molecule has 1 aliphatic carbocycles. The van der Waals surface area contributed by atoms with Crippen molar-refractivity contribution in [3.63, 3.8) is 0 Å². The number of thiophene rings is 1. The molecule has 0 unspecified atom stereocenters. The molecule has 2 aromatic heterocycles. The molecular weight excluding hydrogens is 511 g/mol. The SMILES string of the molecule is CNC(=O)c1cc2c(Oc3ccc(N(C(=O)C4(C(N)=O)CC4)c4cc(F)cs4)cc3)ccnc2cc1OC. The van der Waals surface area contributed by atoms with Crippen LogP contribution < -0.4 is 25.4 Å². The quantitative estimate of drug-likeness (QED) is 0.320. The summed E-state index contributed by atoms with van der Waals surface area (Å²) in [4.78, 5) is 43.5. The summed E-state index contributed by atoms with van der Waals surface area (Å²) < 4.78 is 25.3. The van der Waals surface area contributed by atoms with Gasteiger partial charge in [-0.05, 0) is 49.2 Å². The number of aromatic nitrogens is 1. The summed E-state index contributed by atoms with van der Waals surface area (Å²) in [6.07, 6.45) is 2.28. The third-order valence-electron chi connectivity index (χ3n) is 6.43. The lowest BCUT2D eigenvalue weighted by Gasteiger charge is -2.25. The first-order valence-electron chi connectivity index (χ1n) is 11.6. The number of hydrogen-bond donors (Lipinski definition) is 2. The molecule has 3 N–H and O–H groups in total. The van der Waals surface area contributed by atoms with Gasteiger partial charge in [0.1, 0.15) is 33.5 Å². The van der Waals surface area contributed by atoms with Gasteiger partial charge in [0.2, 0.25) is 11.8 Å². The van der Waals surface area contributed by atoms with E-state index in [1.807, 2.05) is 0 Å². The number of ether oxygens (including phenoxy) is 2. The Morgan fingerprint density at radius 1 is 1.11 bits per heavy atom. The van der Waals surface area contributed by atoms with Gasteiger partial charge in [0, 0.05) is 41.8 Å². The Kier molecular flexibility index (Phi) is 6.45. The molecule has 9 nitrogen and oxygen atoms in total. The fraction of sp³-hybridized carbons (Fsp3) is 0.185. The van der Waals surface area contributed by atoms with Gasteiger partial charge in [-0.15, -0.1) is 11.3 Å². The highest BCUT2D eigenvalue weighted by molar-refractivity contribution is 7.14. The molecule has 4 aromatic rings. The highest BCUT2D eigenvalue weighted by Gasteiger charge is 2.57. The number of benzene rings is 2. The lowest BCUT2D eigenvalue weighted by Crippen LogP contribution is -2.41. The van der Waals surface area contributed by atoms with Crippen molar-refractivity contribution in [2.75, 3.05) is 19.1 Å². The van der Waals surface area contributed by atoms with Crippen molar-refractivity contribution in [2.45, 2.75) is 12.8 Å². The molecule has 0 aliphatic heterocycles. The molecule has 5 rings (SSSR count). The predicted octanol–water partition coefficient (Wildman–Crippen LogP) is 4.53. The Morgan fingerprint density at radius 2 is 1.84 bits per heavy atom. The third-order valence-corrected chi connectivity index (χ3v) is 7.31. The van der Waals surface area contributed by atoms with E-state index in [1.165, 1.54) is 30.5 Å². The Labute approximate surface area is 221 Å². The van der Waals surface area contributed by atoms with Crippen LogP contribution in [0.3, 0.4) is 0 Å². The normalized spacial score (nSPS) is 13.6. The molecule has 0 spiro atoms. The number of methoxy groups -OCH3 is 1. The number of pyridine rings is 1. The molecular formula is C27H23FN4O5S. The first-order valence-corrected chi connectivity index (χ1v) is 12.5. The van der Waals surface area contributed by atoms with Crippen LogP contribution in [-0.2, 0) is 9.59 Å². The Hall–Kier alpha value is -4.51. The van der Waals surface area contributed by atoms with Crippen LogP contribution >= 0.6 is 11.3 Å². The number of primary amides is 1. The highest BCUT2D eigenvalue weighted by Crippen LogP contribution is 2.49. The maximum Gasteiger partial charge on any atom is 0.254 e. The zero-order chi connectivity index (χ0) is 27.0. The van der Waals surface area contributed by atoms with E-state index in [9.17, 15) is 18.8 Å². The fourth-order valence-electron chi connectivity index (χ4n) is 4.18. The first-order chi connectivity index (χ1) is 18.3. The number of hydrogen-bond acceptors (Lipinski definition) is 7. The van der Waals surface area contributed by atoms with Crippen LogP contribution in [-0.4, -0.2) is 36.9 Å². The van der Waals surface area contributed by atoms with E-state index in [2.05, 4.69) is 10.3 Å². The minimum atomic E-state index is -1.28. The number of nitrogens with two attached hydrogens (primary N) is 1. The van der Waals surface area contributed by atoms with E-state index in [1.54, 1.807) is 48.7 Å². The van der Waals surface area contributed by atoms with Crippen molar-refractivity contribution in [1.82, 2.24) is 10.3 Å². The maximum absolute atomic E-state index is 13.8. The number of nitrogens with zero attached hydrogens (tertiary/aromatic N) is 2. The van der Waals surface area contributed by atoms with E-state index in [-0.39, 0.29) is 5.91 Å². The summed E-state index contributed by atoms with van der Waals surface area (Å²) in [5, 5.41) is 4.81. The Balaban J connectivity index is 1.48. The van der Waals surface area contributed by atoms with Crippen molar-refractivity contribution < 1.29 is 28.2 Å². The van der Waals surface area contributed by atoms with Gasteiger partial charge in [0.15, 0.2) is 0 Å². The number of amides is 3. The molecule has 1 aliphatic rings. The first kappa shape index (κ1) is 25.2. The summed E-state index contributed by atoms with van der Waals surface area (Å²) in [7, 11) is 3.00. The average Bonchev–Trinajstić information content (AvgIpc) is 3.64. The summed E-state index contributed by atoms with van der Waals surface area (Å²) in [5.41, 5.74) is 5.58. The number of carbonyl (C=O) groups excluding carboxylic acids is 3. The fourth-order valence-corrected chi connectivity index (χ4v) is 4.95. The summed E-state index contributed by atoms with van der Waals surface area (Å²) in [6, 6.07) is 12.8. The maximum atomic E-state index is 13.8. The van der Waals surface area contributed by atoms with Crippen molar-refractivity contribution in [3.05, 3.63) is 71.5 Å². The third kappa shape index (κ3) is 4.41. The van der Waals surface area contributed by atoms with Gasteiger partial charge >= 0.3 is 0 Å². The van der Waals surface area contributed by atoms with Crippen LogP contribution in [0.2, 0.25) is 0 Å². The van der Waals surface area contributed by atoms with Crippen molar-refractivity contribution in [2.24, 2.45) is 11.1 Å². The van der Waals surface area contributed by atoms with E-state index < -0.39 is 23.0 Å². The number of halogens is 1. The van der Waals surface area contributed by atoms with Gasteiger partial charge in [-0.25, -0.2) is 4.39 Å².